The minimum atomic E-state index is -1.54. The van der Waals surface area contributed by atoms with Gasteiger partial charge in [-0.2, -0.15) is 0 Å². The van der Waals surface area contributed by atoms with Crippen LogP contribution >= 0.6 is 0 Å². The summed E-state index contributed by atoms with van der Waals surface area (Å²) in [6.45, 7) is 21.4. The highest BCUT2D eigenvalue weighted by Gasteiger charge is 2.70. The number of esters is 4. The smallest absolute Gasteiger partial charge is 0.339 e. The lowest BCUT2D eigenvalue weighted by Crippen LogP contribution is -2.67. The molecule has 1 heterocycles. The Balaban J connectivity index is 1.25. The third-order valence-electron chi connectivity index (χ3n) is 17.8. The van der Waals surface area contributed by atoms with Crippen LogP contribution < -0.4 is 0 Å². The van der Waals surface area contributed by atoms with E-state index in [2.05, 4.69) is 66.7 Å². The molecule has 6 aliphatic rings. The lowest BCUT2D eigenvalue weighted by Gasteiger charge is -2.72. The van der Waals surface area contributed by atoms with E-state index in [9.17, 15) is 19.2 Å². The van der Waals surface area contributed by atoms with Gasteiger partial charge in [0.25, 0.3) is 0 Å². The van der Waals surface area contributed by atoms with Crippen molar-refractivity contribution < 1.29 is 57.1 Å². The molecule has 3 unspecified atom stereocenters. The van der Waals surface area contributed by atoms with Crippen molar-refractivity contribution in [1.29, 1.82) is 0 Å². The highest BCUT2D eigenvalue weighted by Crippen LogP contribution is 2.76. The van der Waals surface area contributed by atoms with Crippen molar-refractivity contribution in [3.63, 3.8) is 0 Å². The van der Waals surface area contributed by atoms with Crippen molar-refractivity contribution in [3.05, 3.63) is 47.5 Å². The number of allylic oxidation sites excluding steroid dienone is 2. The largest absolute Gasteiger partial charge is 0.467 e. The summed E-state index contributed by atoms with van der Waals surface area (Å²) in [5, 5.41) is 0. The highest BCUT2D eigenvalue weighted by molar-refractivity contribution is 5.77. The van der Waals surface area contributed by atoms with Crippen LogP contribution in [-0.2, 0) is 63.7 Å². The summed E-state index contributed by atoms with van der Waals surface area (Å²) >= 11 is 0. The quantitative estimate of drug-likeness (QED) is 0.119. The van der Waals surface area contributed by atoms with Gasteiger partial charge in [0.1, 0.15) is 0 Å². The second kappa shape index (κ2) is 17.5. The molecule has 0 amide bonds. The van der Waals surface area contributed by atoms with E-state index >= 15 is 0 Å². The maximum absolute atomic E-state index is 13.3. The third-order valence-corrected chi connectivity index (χ3v) is 17.8. The molecule has 1 aromatic rings. The summed E-state index contributed by atoms with van der Waals surface area (Å²) in [6, 6.07) is 10.2. The normalized spacial score (nSPS) is 42.8. The van der Waals surface area contributed by atoms with Crippen LogP contribution in [0.25, 0.3) is 0 Å². The van der Waals surface area contributed by atoms with E-state index in [4.69, 9.17) is 37.9 Å². The molecule has 0 aromatic heterocycles. The van der Waals surface area contributed by atoms with Crippen molar-refractivity contribution in [2.75, 3.05) is 20.8 Å². The zero-order valence-corrected chi connectivity index (χ0v) is 39.9. The van der Waals surface area contributed by atoms with Crippen molar-refractivity contribution in [2.45, 2.75) is 177 Å². The maximum atomic E-state index is 13.3. The molecule has 1 aromatic carbocycles. The standard InChI is InChI=1S/C51H74O12/c1-30(52)60-40-41(61-31(2)53)43(62-32(3)54)45(63-42(40)44(55)57-12)59-29-49(8)36-20-23-51(10)37(48(36,7)22-21-38(49)58-28-33-16-14-13-15-17-33)19-18-34-35-26-46(4,5)27-39(56-11)47(35,6)24-25-50(34,51)9/h13-18,35-43,45H,19-29H2,1-12H3/t35-,36?,37?,38+,39-,40+,41+,42+,43-,45-,47-,48+,49?,50-,51-/m1/s1. The molecule has 12 heteroatoms. The lowest BCUT2D eigenvalue weighted by atomic mass is 9.33. The molecule has 1 saturated heterocycles. The molecule has 0 radical (unpaired) electrons. The third kappa shape index (κ3) is 8.30. The summed E-state index contributed by atoms with van der Waals surface area (Å²) in [5.74, 6) is -2.03. The minimum Gasteiger partial charge on any atom is -0.467 e. The summed E-state index contributed by atoms with van der Waals surface area (Å²) in [6.07, 6.45) is 4.81. The second-order valence-electron chi connectivity index (χ2n) is 22.0. The van der Waals surface area contributed by atoms with Crippen molar-refractivity contribution >= 4 is 23.9 Å². The second-order valence-corrected chi connectivity index (χ2v) is 22.0. The first-order chi connectivity index (χ1) is 29.6. The van der Waals surface area contributed by atoms with Gasteiger partial charge in [-0.05, 0) is 103 Å². The van der Waals surface area contributed by atoms with Crippen molar-refractivity contribution in [1.82, 2.24) is 0 Å². The first-order valence-corrected chi connectivity index (χ1v) is 23.3. The van der Waals surface area contributed by atoms with Gasteiger partial charge in [-0.3, -0.25) is 14.4 Å². The SMILES string of the molecule is COC(=O)[C@H]1O[C@@H](OCC2(C)C3CC[C@]4(C)C(CC=C5[C@H]6CC(C)(C)C[C@@H](OC)[C@]6(C)CC[C@]54C)[C@@]3(C)CC[C@@H]2OCc2ccccc2)[C@H](OC(C)=O)[C@@H](OC(C)=O)[C@@H]1OC(C)=O. The Kier molecular flexibility index (Phi) is 13.2. The first-order valence-electron chi connectivity index (χ1n) is 23.3. The Bertz CT molecular complexity index is 1910. The van der Waals surface area contributed by atoms with E-state index < -0.39 is 60.0 Å². The van der Waals surface area contributed by atoms with E-state index in [1.165, 1.54) is 27.4 Å². The Morgan fingerprint density at radius 3 is 1.98 bits per heavy atom. The number of methoxy groups -OCH3 is 2. The first kappa shape index (κ1) is 47.6. The number of ether oxygens (including phenoxy) is 8. The van der Waals surface area contributed by atoms with E-state index in [0.29, 0.717) is 18.4 Å². The lowest BCUT2D eigenvalue weighted by molar-refractivity contribution is -0.315. The molecular weight excluding hydrogens is 805 g/mol. The van der Waals surface area contributed by atoms with Crippen LogP contribution in [0.3, 0.4) is 0 Å². The number of hydrogen-bond acceptors (Lipinski definition) is 12. The van der Waals surface area contributed by atoms with E-state index in [-0.39, 0.29) is 51.8 Å². The minimum absolute atomic E-state index is 0.0354. The predicted octanol–water partition coefficient (Wildman–Crippen LogP) is 8.71. The Labute approximate surface area is 375 Å². The van der Waals surface area contributed by atoms with Crippen LogP contribution in [0.5, 0.6) is 0 Å². The van der Waals surface area contributed by atoms with Gasteiger partial charge in [-0.1, -0.05) is 90.4 Å². The van der Waals surface area contributed by atoms with E-state index in [1.807, 2.05) is 25.3 Å². The number of carbonyl (C=O) groups is 4. The molecule has 0 N–H and O–H groups in total. The van der Waals surface area contributed by atoms with Gasteiger partial charge < -0.3 is 37.9 Å². The number of benzene rings is 1. The number of fused-ring (bicyclic) bond motifs is 7. The Hall–Kier alpha value is -3.32. The Morgan fingerprint density at radius 2 is 1.35 bits per heavy atom. The van der Waals surface area contributed by atoms with Gasteiger partial charge in [0, 0.05) is 38.7 Å². The number of rotatable bonds is 11. The number of carbonyl (C=O) groups excluding carboxylic acids is 4. The van der Waals surface area contributed by atoms with Gasteiger partial charge >= 0.3 is 23.9 Å². The van der Waals surface area contributed by atoms with Gasteiger partial charge in [0.15, 0.2) is 30.7 Å². The van der Waals surface area contributed by atoms with Gasteiger partial charge in [0.05, 0.1) is 32.5 Å². The monoisotopic (exact) mass is 879 g/mol. The molecule has 5 aliphatic carbocycles. The molecule has 4 saturated carbocycles. The van der Waals surface area contributed by atoms with Crippen LogP contribution in [0.1, 0.15) is 133 Å². The van der Waals surface area contributed by atoms with Crippen LogP contribution in [0, 0.1) is 50.2 Å². The molecule has 63 heavy (non-hydrogen) atoms. The summed E-state index contributed by atoms with van der Waals surface area (Å²) in [5.41, 5.74) is 2.44. The highest BCUT2D eigenvalue weighted by atomic mass is 16.7. The molecule has 12 nitrogen and oxygen atoms in total. The average molecular weight is 879 g/mol. The predicted molar refractivity (Wildman–Crippen MR) is 234 cm³/mol. The molecule has 0 spiro atoms. The Morgan fingerprint density at radius 1 is 0.698 bits per heavy atom. The van der Waals surface area contributed by atoms with Crippen molar-refractivity contribution in [3.8, 4) is 0 Å². The molecule has 5 fully saturated rings. The summed E-state index contributed by atoms with van der Waals surface area (Å²) < 4.78 is 48.5. The molecule has 15 atom stereocenters. The fraction of sp³-hybridized carbons (Fsp3) is 0.765. The molecule has 350 valence electrons. The van der Waals surface area contributed by atoms with Crippen LogP contribution in [0.2, 0.25) is 0 Å². The molecule has 0 bridgehead atoms. The average Bonchev–Trinajstić information content (AvgIpc) is 3.21. The molecular formula is C51H74O12. The van der Waals surface area contributed by atoms with E-state index in [0.717, 1.165) is 63.9 Å². The number of hydrogen-bond donors (Lipinski definition) is 0. The fourth-order valence-corrected chi connectivity index (χ4v) is 14.5. The van der Waals surface area contributed by atoms with Crippen LogP contribution in [0.15, 0.2) is 42.0 Å². The van der Waals surface area contributed by atoms with Crippen LogP contribution in [-0.4, -0.2) is 87.6 Å². The summed E-state index contributed by atoms with van der Waals surface area (Å²) in [4.78, 5) is 51.0. The van der Waals surface area contributed by atoms with Gasteiger partial charge in [-0.15, -0.1) is 0 Å². The molecule has 1 aliphatic heterocycles. The molecule has 7 rings (SSSR count). The topological polar surface area (TPSA) is 142 Å². The zero-order valence-electron chi connectivity index (χ0n) is 39.9. The summed E-state index contributed by atoms with van der Waals surface area (Å²) in [7, 11) is 3.09. The maximum Gasteiger partial charge on any atom is 0.339 e. The van der Waals surface area contributed by atoms with Crippen molar-refractivity contribution in [2.24, 2.45) is 50.2 Å². The fourth-order valence-electron chi connectivity index (χ4n) is 14.5. The van der Waals surface area contributed by atoms with Gasteiger partial charge in [0.2, 0.25) is 0 Å². The zero-order chi connectivity index (χ0) is 45.9. The van der Waals surface area contributed by atoms with Crippen LogP contribution in [0.4, 0.5) is 0 Å². The van der Waals surface area contributed by atoms with E-state index in [1.54, 1.807) is 5.57 Å². The van der Waals surface area contributed by atoms with Gasteiger partial charge in [-0.25, -0.2) is 4.79 Å².